The highest BCUT2D eigenvalue weighted by atomic mass is 35.5. The largest absolute Gasteiger partial charge is 0.496 e. The van der Waals surface area contributed by atoms with Crippen molar-refractivity contribution in [2.24, 2.45) is 0 Å². The third kappa shape index (κ3) is 5.25. The molecule has 2 rings (SSSR count). The van der Waals surface area contributed by atoms with E-state index >= 15 is 0 Å². The molecular weight excluding hydrogens is 288 g/mol. The van der Waals surface area contributed by atoms with E-state index in [2.05, 4.69) is 16.4 Å². The normalized spacial score (nSPS) is 10.4. The van der Waals surface area contributed by atoms with Gasteiger partial charge in [0.25, 0.3) is 0 Å². The van der Waals surface area contributed by atoms with Gasteiger partial charge >= 0.3 is 0 Å². The summed E-state index contributed by atoms with van der Waals surface area (Å²) in [6, 6.07) is 13.4. The summed E-state index contributed by atoms with van der Waals surface area (Å²) in [5.41, 5.74) is 1.20. The first-order valence-corrected chi connectivity index (χ1v) is 7.25. The van der Waals surface area contributed by atoms with Gasteiger partial charge in [0.05, 0.1) is 7.11 Å². The number of hydrogen-bond donors (Lipinski definition) is 1. The van der Waals surface area contributed by atoms with E-state index in [1.165, 1.54) is 5.56 Å². The van der Waals surface area contributed by atoms with Gasteiger partial charge in [-0.1, -0.05) is 35.9 Å². The number of nitrogens with one attached hydrogen (secondary N) is 1. The second-order valence-electron chi connectivity index (χ2n) is 4.46. The Balaban J connectivity index is 1.64. The third-order valence-electron chi connectivity index (χ3n) is 2.98. The van der Waals surface area contributed by atoms with Crippen LogP contribution in [0.4, 0.5) is 0 Å². The number of para-hydroxylation sites is 1. The van der Waals surface area contributed by atoms with E-state index in [4.69, 9.17) is 21.1 Å². The van der Waals surface area contributed by atoms with Crippen LogP contribution in [-0.2, 0) is 6.42 Å². The van der Waals surface area contributed by atoms with Crippen molar-refractivity contribution in [3.05, 3.63) is 53.2 Å². The summed E-state index contributed by atoms with van der Waals surface area (Å²) in [5, 5.41) is 3.77. The molecule has 5 heteroatoms. The van der Waals surface area contributed by atoms with Crippen LogP contribution in [0, 0.1) is 0 Å². The number of halogens is 1. The lowest BCUT2D eigenvalue weighted by Gasteiger charge is -2.09. The maximum atomic E-state index is 5.79. The number of aromatic nitrogens is 1. The molecule has 21 heavy (non-hydrogen) atoms. The zero-order chi connectivity index (χ0) is 14.9. The van der Waals surface area contributed by atoms with Crippen molar-refractivity contribution >= 4 is 11.6 Å². The van der Waals surface area contributed by atoms with Gasteiger partial charge in [0.2, 0.25) is 5.88 Å². The van der Waals surface area contributed by atoms with Gasteiger partial charge in [-0.3, -0.25) is 0 Å². The number of nitrogens with zero attached hydrogens (tertiary/aromatic N) is 1. The van der Waals surface area contributed by atoms with Crippen LogP contribution in [0.3, 0.4) is 0 Å². The highest BCUT2D eigenvalue weighted by Crippen LogP contribution is 2.17. The minimum Gasteiger partial charge on any atom is -0.496 e. The van der Waals surface area contributed by atoms with Gasteiger partial charge in [-0.15, -0.1) is 0 Å². The first-order valence-electron chi connectivity index (χ1n) is 6.87. The molecule has 1 aromatic heterocycles. The molecule has 0 radical (unpaired) electrons. The molecule has 112 valence electrons. The van der Waals surface area contributed by atoms with Crippen molar-refractivity contribution in [1.29, 1.82) is 0 Å². The van der Waals surface area contributed by atoms with E-state index < -0.39 is 0 Å². The number of pyridine rings is 1. The fourth-order valence-electron chi connectivity index (χ4n) is 1.96. The van der Waals surface area contributed by atoms with Crippen LogP contribution in [0.1, 0.15) is 5.56 Å². The predicted octanol–water partition coefficient (Wildman–Crippen LogP) is 2.95. The van der Waals surface area contributed by atoms with Crippen molar-refractivity contribution in [3.63, 3.8) is 0 Å². The Bertz CT molecular complexity index is 563. The molecule has 1 N–H and O–H groups in total. The average molecular weight is 307 g/mol. The van der Waals surface area contributed by atoms with Crippen molar-refractivity contribution in [2.45, 2.75) is 6.42 Å². The summed E-state index contributed by atoms with van der Waals surface area (Å²) in [6.07, 6.45) is 0.916. The minimum absolute atomic E-state index is 0.441. The maximum absolute atomic E-state index is 5.79. The number of hydrogen-bond acceptors (Lipinski definition) is 4. The molecule has 0 atom stereocenters. The lowest BCUT2D eigenvalue weighted by atomic mass is 10.1. The van der Waals surface area contributed by atoms with Crippen LogP contribution in [0.25, 0.3) is 0 Å². The van der Waals surface area contributed by atoms with Crippen LogP contribution in [0.2, 0.25) is 5.15 Å². The molecule has 0 bridgehead atoms. The Labute approximate surface area is 130 Å². The van der Waals surface area contributed by atoms with Crippen LogP contribution in [0.5, 0.6) is 11.6 Å². The topological polar surface area (TPSA) is 43.4 Å². The van der Waals surface area contributed by atoms with Crippen LogP contribution in [0.15, 0.2) is 42.5 Å². The molecule has 0 unspecified atom stereocenters. The second-order valence-corrected chi connectivity index (χ2v) is 4.85. The smallest absolute Gasteiger partial charge is 0.214 e. The van der Waals surface area contributed by atoms with Crippen molar-refractivity contribution < 1.29 is 9.47 Å². The fourth-order valence-corrected chi connectivity index (χ4v) is 2.11. The molecule has 0 aliphatic carbocycles. The lowest BCUT2D eigenvalue weighted by molar-refractivity contribution is 0.303. The quantitative estimate of drug-likeness (QED) is 0.601. The molecule has 0 aliphatic heterocycles. The first kappa shape index (κ1) is 15.6. The molecule has 2 aromatic rings. The molecule has 0 amide bonds. The highest BCUT2D eigenvalue weighted by Gasteiger charge is 2.01. The van der Waals surface area contributed by atoms with Crippen LogP contribution < -0.4 is 14.8 Å². The summed E-state index contributed by atoms with van der Waals surface area (Å²) in [4.78, 5) is 4.06. The van der Waals surface area contributed by atoms with Crippen LogP contribution >= 0.6 is 11.6 Å². The highest BCUT2D eigenvalue weighted by molar-refractivity contribution is 6.29. The molecule has 1 aromatic carbocycles. The Hall–Kier alpha value is -1.78. The summed E-state index contributed by atoms with van der Waals surface area (Å²) in [6.45, 7) is 2.18. The number of methoxy groups -OCH3 is 1. The van der Waals surface area contributed by atoms with Gasteiger partial charge in [0.1, 0.15) is 17.5 Å². The zero-order valence-corrected chi connectivity index (χ0v) is 12.8. The molecule has 0 fully saturated rings. The number of rotatable bonds is 8. The standard InChI is InChI=1S/C16H19ClN2O2/c1-20-14-6-3-2-5-13(14)9-10-18-11-12-21-16-8-4-7-15(17)19-16/h2-8,18H,9-12H2,1H3. The van der Waals surface area contributed by atoms with Gasteiger partial charge in [-0.2, -0.15) is 0 Å². The van der Waals surface area contributed by atoms with Crippen LogP contribution in [-0.4, -0.2) is 31.8 Å². The lowest BCUT2D eigenvalue weighted by Crippen LogP contribution is -2.23. The number of benzene rings is 1. The molecular formula is C16H19ClN2O2. The Morgan fingerprint density at radius 3 is 2.76 bits per heavy atom. The van der Waals surface area contributed by atoms with Gasteiger partial charge in [-0.05, 0) is 30.7 Å². The average Bonchev–Trinajstić information content (AvgIpc) is 2.51. The summed E-state index contributed by atoms with van der Waals surface area (Å²) in [7, 11) is 1.69. The van der Waals surface area contributed by atoms with E-state index in [1.54, 1.807) is 19.2 Å². The molecule has 0 aliphatic rings. The third-order valence-corrected chi connectivity index (χ3v) is 3.19. The van der Waals surface area contributed by atoms with E-state index in [9.17, 15) is 0 Å². The Morgan fingerprint density at radius 1 is 1.10 bits per heavy atom. The summed E-state index contributed by atoms with van der Waals surface area (Å²) in [5.74, 6) is 1.48. The molecule has 1 heterocycles. The van der Waals surface area contributed by atoms with E-state index in [0.29, 0.717) is 17.6 Å². The maximum Gasteiger partial charge on any atom is 0.214 e. The van der Waals surface area contributed by atoms with E-state index in [0.717, 1.165) is 25.3 Å². The van der Waals surface area contributed by atoms with Gasteiger partial charge in [0.15, 0.2) is 0 Å². The van der Waals surface area contributed by atoms with E-state index in [-0.39, 0.29) is 0 Å². The van der Waals surface area contributed by atoms with Gasteiger partial charge in [0, 0.05) is 12.6 Å². The van der Waals surface area contributed by atoms with Gasteiger partial charge in [-0.25, -0.2) is 4.98 Å². The molecule has 0 saturated carbocycles. The summed E-state index contributed by atoms with van der Waals surface area (Å²) < 4.78 is 10.8. The minimum atomic E-state index is 0.441. The second kappa shape index (κ2) is 8.49. The Kier molecular flexibility index (Phi) is 6.31. The molecule has 0 spiro atoms. The molecule has 0 saturated heterocycles. The van der Waals surface area contributed by atoms with Crippen molar-refractivity contribution in [1.82, 2.24) is 10.3 Å². The van der Waals surface area contributed by atoms with Crippen molar-refractivity contribution in [2.75, 3.05) is 26.8 Å². The zero-order valence-electron chi connectivity index (χ0n) is 12.0. The molecule has 4 nitrogen and oxygen atoms in total. The SMILES string of the molecule is COc1ccccc1CCNCCOc1cccc(Cl)n1. The first-order chi connectivity index (χ1) is 10.3. The number of ether oxygens (including phenoxy) is 2. The summed E-state index contributed by atoms with van der Waals surface area (Å²) >= 11 is 5.79. The van der Waals surface area contributed by atoms with Crippen molar-refractivity contribution in [3.8, 4) is 11.6 Å². The van der Waals surface area contributed by atoms with E-state index in [1.807, 2.05) is 24.3 Å². The predicted molar refractivity (Wildman–Crippen MR) is 84.3 cm³/mol. The Morgan fingerprint density at radius 2 is 1.95 bits per heavy atom. The fraction of sp³-hybridized carbons (Fsp3) is 0.312. The monoisotopic (exact) mass is 306 g/mol. The van der Waals surface area contributed by atoms with Gasteiger partial charge < -0.3 is 14.8 Å².